The van der Waals surface area contributed by atoms with Crippen LogP contribution in [0.2, 0.25) is 0 Å². The second kappa shape index (κ2) is 7.95. The summed E-state index contributed by atoms with van der Waals surface area (Å²) in [4.78, 5) is 0. The fourth-order valence-corrected chi connectivity index (χ4v) is 4.09. The van der Waals surface area contributed by atoms with Crippen LogP contribution < -0.4 is 4.72 Å². The van der Waals surface area contributed by atoms with Gasteiger partial charge in [-0.2, -0.15) is 0 Å². The molecule has 136 valence electrons. The maximum absolute atomic E-state index is 13.2. The summed E-state index contributed by atoms with van der Waals surface area (Å²) in [5.74, 6) is -0.765. The van der Waals surface area contributed by atoms with Crippen molar-refractivity contribution < 1.29 is 17.9 Å². The van der Waals surface area contributed by atoms with Crippen LogP contribution in [0.25, 0.3) is 10.8 Å². The Labute approximate surface area is 152 Å². The van der Waals surface area contributed by atoms with Crippen molar-refractivity contribution in [3.63, 3.8) is 0 Å². The fourth-order valence-electron chi connectivity index (χ4n) is 2.94. The predicted molar refractivity (Wildman–Crippen MR) is 101 cm³/mol. The molecule has 0 saturated heterocycles. The number of halogens is 1. The Morgan fingerprint density at radius 1 is 1.00 bits per heavy atom. The molecule has 4 nitrogen and oxygen atoms in total. The molecule has 2 N–H and O–H groups in total. The zero-order valence-electron chi connectivity index (χ0n) is 14.1. The van der Waals surface area contributed by atoms with Crippen molar-refractivity contribution in [2.45, 2.75) is 18.3 Å². The molecule has 1 atom stereocenters. The largest absolute Gasteiger partial charge is 0.388 e. The van der Waals surface area contributed by atoms with E-state index in [1.165, 1.54) is 18.2 Å². The van der Waals surface area contributed by atoms with Crippen LogP contribution in [0.1, 0.15) is 23.7 Å². The summed E-state index contributed by atoms with van der Waals surface area (Å²) in [6.07, 6.45) is -0.533. The van der Waals surface area contributed by atoms with E-state index in [2.05, 4.69) is 4.72 Å². The Balaban J connectivity index is 1.61. The number of benzene rings is 3. The number of nitrogens with one attached hydrogen (secondary N) is 1. The van der Waals surface area contributed by atoms with Crippen LogP contribution >= 0.6 is 0 Å². The molecule has 0 bridgehead atoms. The molecule has 0 heterocycles. The zero-order valence-corrected chi connectivity index (χ0v) is 14.9. The monoisotopic (exact) mass is 373 g/mol. The lowest BCUT2D eigenvalue weighted by atomic mass is 9.99. The molecule has 0 aliphatic rings. The number of hydrogen-bond acceptors (Lipinski definition) is 3. The minimum atomic E-state index is -3.60. The minimum Gasteiger partial charge on any atom is -0.388 e. The predicted octanol–water partition coefficient (Wildman–Crippen LogP) is 3.52. The van der Waals surface area contributed by atoms with E-state index in [9.17, 15) is 17.9 Å². The highest BCUT2D eigenvalue weighted by Crippen LogP contribution is 2.25. The van der Waals surface area contributed by atoms with E-state index < -0.39 is 21.9 Å². The SMILES string of the molecule is O=S(=O)(Cc1cccc(F)c1)NCCC(O)c1cccc2ccccc12. The van der Waals surface area contributed by atoms with Gasteiger partial charge in [0, 0.05) is 6.54 Å². The molecule has 0 saturated carbocycles. The van der Waals surface area contributed by atoms with Gasteiger partial charge >= 0.3 is 0 Å². The third kappa shape index (κ3) is 4.66. The number of hydrogen-bond donors (Lipinski definition) is 2. The lowest BCUT2D eigenvalue weighted by Gasteiger charge is -2.14. The van der Waals surface area contributed by atoms with Gasteiger partial charge in [0.15, 0.2) is 0 Å². The lowest BCUT2D eigenvalue weighted by Crippen LogP contribution is -2.27. The van der Waals surface area contributed by atoms with E-state index in [4.69, 9.17) is 0 Å². The zero-order chi connectivity index (χ0) is 18.6. The van der Waals surface area contributed by atoms with Crippen LogP contribution in [0, 0.1) is 5.82 Å². The third-order valence-electron chi connectivity index (χ3n) is 4.17. The highest BCUT2D eigenvalue weighted by atomic mass is 32.2. The molecule has 0 spiro atoms. The molecule has 6 heteroatoms. The molecule has 1 unspecified atom stereocenters. The van der Waals surface area contributed by atoms with E-state index in [1.807, 2.05) is 42.5 Å². The van der Waals surface area contributed by atoms with E-state index in [0.29, 0.717) is 5.56 Å². The molecule has 26 heavy (non-hydrogen) atoms. The van der Waals surface area contributed by atoms with Crippen LogP contribution in [0.3, 0.4) is 0 Å². The van der Waals surface area contributed by atoms with Crippen LogP contribution in [-0.4, -0.2) is 20.1 Å². The van der Waals surface area contributed by atoms with E-state index >= 15 is 0 Å². The molecule has 0 aliphatic heterocycles. The Hall–Kier alpha value is -2.28. The standard InChI is InChI=1S/C20H20FNO3S/c21-17-8-3-5-15(13-17)14-26(24,25)22-12-11-20(23)19-10-4-7-16-6-1-2-9-18(16)19/h1-10,13,20,22-23H,11-12,14H2. The van der Waals surface area contributed by atoms with Gasteiger partial charge in [-0.15, -0.1) is 0 Å². The molecule has 3 aromatic rings. The minimum absolute atomic E-state index is 0.0992. The number of aliphatic hydroxyl groups excluding tert-OH is 1. The number of aliphatic hydroxyl groups is 1. The fraction of sp³-hybridized carbons (Fsp3) is 0.200. The molecule has 0 aliphatic carbocycles. The molecule has 0 radical (unpaired) electrons. The number of rotatable bonds is 7. The highest BCUT2D eigenvalue weighted by molar-refractivity contribution is 7.88. The Morgan fingerprint density at radius 2 is 1.73 bits per heavy atom. The molecular formula is C20H20FNO3S. The van der Waals surface area contributed by atoms with Crippen molar-refractivity contribution in [3.8, 4) is 0 Å². The summed E-state index contributed by atoms with van der Waals surface area (Å²) < 4.78 is 39.9. The van der Waals surface area contributed by atoms with Crippen LogP contribution in [0.5, 0.6) is 0 Å². The van der Waals surface area contributed by atoms with E-state index in [0.717, 1.165) is 16.3 Å². The normalized spacial score (nSPS) is 13.0. The lowest BCUT2D eigenvalue weighted by molar-refractivity contribution is 0.170. The smallest absolute Gasteiger partial charge is 0.215 e. The van der Waals surface area contributed by atoms with Crippen molar-refractivity contribution in [3.05, 3.63) is 83.7 Å². The molecule has 0 fully saturated rings. The van der Waals surface area contributed by atoms with Crippen LogP contribution in [0.15, 0.2) is 66.7 Å². The van der Waals surface area contributed by atoms with Crippen LogP contribution in [-0.2, 0) is 15.8 Å². The summed E-state index contributed by atoms with van der Waals surface area (Å²) in [6, 6.07) is 18.9. The highest BCUT2D eigenvalue weighted by Gasteiger charge is 2.15. The van der Waals surface area contributed by atoms with E-state index in [-0.39, 0.29) is 18.7 Å². The van der Waals surface area contributed by atoms with Crippen molar-refractivity contribution in [2.75, 3.05) is 6.54 Å². The van der Waals surface area contributed by atoms with E-state index in [1.54, 1.807) is 6.07 Å². The first kappa shape index (κ1) is 18.5. The Morgan fingerprint density at radius 3 is 2.54 bits per heavy atom. The first-order chi connectivity index (χ1) is 12.4. The van der Waals surface area contributed by atoms with Crippen molar-refractivity contribution in [1.82, 2.24) is 4.72 Å². The average molecular weight is 373 g/mol. The van der Waals surface area contributed by atoms with Crippen molar-refractivity contribution in [1.29, 1.82) is 0 Å². The van der Waals surface area contributed by atoms with Gasteiger partial charge in [-0.05, 0) is 40.5 Å². The van der Waals surface area contributed by atoms with Gasteiger partial charge in [-0.3, -0.25) is 0 Å². The van der Waals surface area contributed by atoms with Crippen molar-refractivity contribution >= 4 is 20.8 Å². The molecule has 0 aromatic heterocycles. The average Bonchev–Trinajstić information content (AvgIpc) is 2.60. The molecule has 0 amide bonds. The molecular weight excluding hydrogens is 353 g/mol. The maximum Gasteiger partial charge on any atom is 0.215 e. The summed E-state index contributed by atoms with van der Waals surface area (Å²) >= 11 is 0. The van der Waals surface area contributed by atoms with Gasteiger partial charge in [0.1, 0.15) is 5.82 Å². The first-order valence-corrected chi connectivity index (χ1v) is 9.97. The molecule has 3 aromatic carbocycles. The van der Waals surface area contributed by atoms with Gasteiger partial charge in [-0.1, -0.05) is 54.6 Å². The Kier molecular flexibility index (Phi) is 5.66. The second-order valence-electron chi connectivity index (χ2n) is 6.16. The number of sulfonamides is 1. The summed E-state index contributed by atoms with van der Waals surface area (Å²) in [7, 11) is -3.60. The second-order valence-corrected chi connectivity index (χ2v) is 7.96. The topological polar surface area (TPSA) is 66.4 Å². The van der Waals surface area contributed by atoms with Gasteiger partial charge in [0.05, 0.1) is 11.9 Å². The van der Waals surface area contributed by atoms with Crippen LogP contribution in [0.4, 0.5) is 4.39 Å². The quantitative estimate of drug-likeness (QED) is 0.666. The third-order valence-corrected chi connectivity index (χ3v) is 5.53. The van der Waals surface area contributed by atoms with Crippen molar-refractivity contribution in [2.24, 2.45) is 0 Å². The Bertz CT molecular complexity index is 999. The number of fused-ring (bicyclic) bond motifs is 1. The molecule has 3 rings (SSSR count). The summed E-state index contributed by atoms with van der Waals surface area (Å²) in [6.45, 7) is 0.0992. The van der Waals surface area contributed by atoms with Gasteiger partial charge in [-0.25, -0.2) is 17.5 Å². The summed E-state index contributed by atoms with van der Waals surface area (Å²) in [5.41, 5.74) is 1.15. The first-order valence-electron chi connectivity index (χ1n) is 8.32. The summed E-state index contributed by atoms with van der Waals surface area (Å²) in [5, 5.41) is 12.4. The maximum atomic E-state index is 13.2. The van der Waals surface area contributed by atoms with Gasteiger partial charge < -0.3 is 5.11 Å². The van der Waals surface area contributed by atoms with Gasteiger partial charge in [0.25, 0.3) is 0 Å². The van der Waals surface area contributed by atoms with Gasteiger partial charge in [0.2, 0.25) is 10.0 Å².